The molecule has 22 heavy (non-hydrogen) atoms. The number of rotatable bonds is 4. The van der Waals surface area contributed by atoms with Crippen molar-refractivity contribution in [3.63, 3.8) is 0 Å². The molecule has 2 heteroatoms. The SMILES string of the molecule is CCN1CC(NC2CCCCC2)CC(c2ccc(C)cc2)C1. The molecule has 1 aromatic rings. The zero-order chi connectivity index (χ0) is 15.4. The summed E-state index contributed by atoms with van der Waals surface area (Å²) in [7, 11) is 0. The first kappa shape index (κ1) is 16.0. The average molecular weight is 300 g/mol. The van der Waals surface area contributed by atoms with E-state index < -0.39 is 0 Å². The Kier molecular flexibility index (Phi) is 5.54. The highest BCUT2D eigenvalue weighted by Gasteiger charge is 2.29. The first-order valence-corrected chi connectivity index (χ1v) is 9.29. The molecule has 1 aromatic carbocycles. The minimum absolute atomic E-state index is 0.670. The van der Waals surface area contributed by atoms with E-state index in [1.807, 2.05) is 0 Å². The second kappa shape index (κ2) is 7.61. The van der Waals surface area contributed by atoms with Crippen LogP contribution in [-0.2, 0) is 0 Å². The number of likely N-dealkylation sites (tertiary alicyclic amines) is 1. The highest BCUT2D eigenvalue weighted by atomic mass is 15.2. The van der Waals surface area contributed by atoms with Crippen LogP contribution in [0.3, 0.4) is 0 Å². The minimum atomic E-state index is 0.670. The summed E-state index contributed by atoms with van der Waals surface area (Å²) in [6, 6.07) is 10.7. The number of benzene rings is 1. The van der Waals surface area contributed by atoms with Gasteiger partial charge >= 0.3 is 0 Å². The Balaban J connectivity index is 1.65. The van der Waals surface area contributed by atoms with Gasteiger partial charge in [-0.05, 0) is 44.2 Å². The summed E-state index contributed by atoms with van der Waals surface area (Å²) in [6.07, 6.45) is 8.36. The van der Waals surface area contributed by atoms with Gasteiger partial charge in [0.1, 0.15) is 0 Å². The van der Waals surface area contributed by atoms with Gasteiger partial charge in [0.25, 0.3) is 0 Å². The number of likely N-dealkylation sites (N-methyl/N-ethyl adjacent to an activating group) is 1. The van der Waals surface area contributed by atoms with Crippen molar-refractivity contribution >= 4 is 0 Å². The molecular weight excluding hydrogens is 268 g/mol. The molecule has 0 radical (unpaired) electrons. The number of piperidine rings is 1. The van der Waals surface area contributed by atoms with E-state index in [4.69, 9.17) is 0 Å². The highest BCUT2D eigenvalue weighted by Crippen LogP contribution is 2.28. The van der Waals surface area contributed by atoms with Crippen molar-refractivity contribution in [3.05, 3.63) is 35.4 Å². The summed E-state index contributed by atoms with van der Waals surface area (Å²) in [4.78, 5) is 2.63. The van der Waals surface area contributed by atoms with E-state index in [-0.39, 0.29) is 0 Å². The van der Waals surface area contributed by atoms with Crippen LogP contribution in [0.15, 0.2) is 24.3 Å². The fraction of sp³-hybridized carbons (Fsp3) is 0.700. The van der Waals surface area contributed by atoms with Crippen LogP contribution in [0, 0.1) is 6.92 Å². The van der Waals surface area contributed by atoms with Gasteiger partial charge in [-0.2, -0.15) is 0 Å². The van der Waals surface area contributed by atoms with Gasteiger partial charge in [-0.3, -0.25) is 0 Å². The first-order chi connectivity index (χ1) is 10.7. The van der Waals surface area contributed by atoms with Crippen molar-refractivity contribution in [2.45, 2.75) is 70.4 Å². The smallest absolute Gasteiger partial charge is 0.0203 e. The Morgan fingerprint density at radius 1 is 1.00 bits per heavy atom. The van der Waals surface area contributed by atoms with Crippen LogP contribution in [0.2, 0.25) is 0 Å². The molecule has 1 aliphatic carbocycles. The van der Waals surface area contributed by atoms with Gasteiger partial charge < -0.3 is 10.2 Å². The lowest BCUT2D eigenvalue weighted by Gasteiger charge is -2.40. The number of hydrogen-bond donors (Lipinski definition) is 1. The summed E-state index contributed by atoms with van der Waals surface area (Å²) < 4.78 is 0. The molecule has 1 heterocycles. The van der Waals surface area contributed by atoms with Gasteiger partial charge in [-0.15, -0.1) is 0 Å². The molecule has 0 aromatic heterocycles. The zero-order valence-electron chi connectivity index (χ0n) is 14.4. The lowest BCUT2D eigenvalue weighted by Crippen LogP contribution is -2.51. The maximum absolute atomic E-state index is 3.99. The third kappa shape index (κ3) is 4.11. The largest absolute Gasteiger partial charge is 0.310 e. The molecule has 122 valence electrons. The number of hydrogen-bond acceptors (Lipinski definition) is 2. The fourth-order valence-electron chi connectivity index (χ4n) is 4.25. The molecule has 2 atom stereocenters. The molecule has 0 spiro atoms. The van der Waals surface area contributed by atoms with Gasteiger partial charge in [-0.1, -0.05) is 56.0 Å². The van der Waals surface area contributed by atoms with Crippen molar-refractivity contribution in [1.29, 1.82) is 0 Å². The van der Waals surface area contributed by atoms with Gasteiger partial charge in [0, 0.05) is 25.2 Å². The molecule has 1 aliphatic heterocycles. The van der Waals surface area contributed by atoms with E-state index in [0.29, 0.717) is 12.0 Å². The van der Waals surface area contributed by atoms with Crippen molar-refractivity contribution in [2.24, 2.45) is 0 Å². The summed E-state index contributed by atoms with van der Waals surface area (Å²) in [5.74, 6) is 0.690. The summed E-state index contributed by atoms with van der Waals surface area (Å²) >= 11 is 0. The van der Waals surface area contributed by atoms with E-state index in [2.05, 4.69) is 48.3 Å². The Labute approximate surface area is 136 Å². The third-order valence-corrected chi connectivity index (χ3v) is 5.60. The lowest BCUT2D eigenvalue weighted by atomic mass is 9.86. The topological polar surface area (TPSA) is 15.3 Å². The van der Waals surface area contributed by atoms with Crippen LogP contribution in [-0.4, -0.2) is 36.6 Å². The Morgan fingerprint density at radius 2 is 1.73 bits per heavy atom. The second-order valence-electron chi connectivity index (χ2n) is 7.39. The molecule has 2 aliphatic rings. The predicted molar refractivity (Wildman–Crippen MR) is 94.4 cm³/mol. The number of nitrogens with zero attached hydrogens (tertiary/aromatic N) is 1. The van der Waals surface area contributed by atoms with E-state index in [0.717, 1.165) is 6.04 Å². The van der Waals surface area contributed by atoms with E-state index in [1.54, 1.807) is 0 Å². The Hall–Kier alpha value is -0.860. The van der Waals surface area contributed by atoms with Crippen molar-refractivity contribution in [3.8, 4) is 0 Å². The highest BCUT2D eigenvalue weighted by molar-refractivity contribution is 5.25. The van der Waals surface area contributed by atoms with Gasteiger partial charge in [0.15, 0.2) is 0 Å². The van der Waals surface area contributed by atoms with Crippen molar-refractivity contribution < 1.29 is 0 Å². The number of aryl methyl sites for hydroxylation is 1. The van der Waals surface area contributed by atoms with Crippen LogP contribution in [0.5, 0.6) is 0 Å². The maximum Gasteiger partial charge on any atom is 0.0203 e. The standard InChI is InChI=1S/C20H32N2/c1-3-22-14-18(17-11-9-16(2)10-12-17)13-20(15-22)21-19-7-5-4-6-8-19/h9-12,18-21H,3-8,13-15H2,1-2H3. The van der Waals surface area contributed by atoms with Crippen molar-refractivity contribution in [2.75, 3.05) is 19.6 Å². The van der Waals surface area contributed by atoms with Crippen LogP contribution < -0.4 is 5.32 Å². The van der Waals surface area contributed by atoms with Crippen LogP contribution in [0.25, 0.3) is 0 Å². The van der Waals surface area contributed by atoms with Crippen LogP contribution in [0.4, 0.5) is 0 Å². The van der Waals surface area contributed by atoms with E-state index >= 15 is 0 Å². The second-order valence-corrected chi connectivity index (χ2v) is 7.39. The van der Waals surface area contributed by atoms with Crippen molar-refractivity contribution in [1.82, 2.24) is 10.2 Å². The number of nitrogens with one attached hydrogen (secondary N) is 1. The zero-order valence-corrected chi connectivity index (χ0v) is 14.4. The quantitative estimate of drug-likeness (QED) is 0.901. The maximum atomic E-state index is 3.99. The molecule has 1 N–H and O–H groups in total. The fourth-order valence-corrected chi connectivity index (χ4v) is 4.25. The van der Waals surface area contributed by atoms with Crippen LogP contribution in [0.1, 0.15) is 62.5 Å². The molecular formula is C20H32N2. The molecule has 3 rings (SSSR count). The predicted octanol–water partition coefficient (Wildman–Crippen LogP) is 4.10. The lowest BCUT2D eigenvalue weighted by molar-refractivity contribution is 0.164. The monoisotopic (exact) mass is 300 g/mol. The first-order valence-electron chi connectivity index (χ1n) is 9.29. The summed E-state index contributed by atoms with van der Waals surface area (Å²) in [6.45, 7) is 8.11. The summed E-state index contributed by atoms with van der Waals surface area (Å²) in [5.41, 5.74) is 2.89. The average Bonchev–Trinajstić information content (AvgIpc) is 2.56. The molecule has 1 saturated carbocycles. The molecule has 0 amide bonds. The summed E-state index contributed by atoms with van der Waals surface area (Å²) in [5, 5.41) is 3.99. The van der Waals surface area contributed by atoms with E-state index in [9.17, 15) is 0 Å². The normalized spacial score (nSPS) is 27.9. The van der Waals surface area contributed by atoms with Gasteiger partial charge in [-0.25, -0.2) is 0 Å². The Morgan fingerprint density at radius 3 is 2.41 bits per heavy atom. The van der Waals surface area contributed by atoms with Crippen LogP contribution >= 0.6 is 0 Å². The third-order valence-electron chi connectivity index (χ3n) is 5.60. The molecule has 2 nitrogen and oxygen atoms in total. The molecule has 1 saturated heterocycles. The minimum Gasteiger partial charge on any atom is -0.310 e. The molecule has 0 bridgehead atoms. The van der Waals surface area contributed by atoms with E-state index in [1.165, 1.54) is 69.3 Å². The molecule has 2 unspecified atom stereocenters. The molecule has 2 fully saturated rings. The van der Waals surface area contributed by atoms with Gasteiger partial charge in [0.2, 0.25) is 0 Å². The van der Waals surface area contributed by atoms with Gasteiger partial charge in [0.05, 0.1) is 0 Å². The Bertz CT molecular complexity index is 447.